The van der Waals surface area contributed by atoms with Crippen molar-refractivity contribution < 1.29 is 13.2 Å². The molecule has 0 fully saturated rings. The number of halogens is 4. The highest BCUT2D eigenvalue weighted by atomic mass is 35.5. The molecule has 0 atom stereocenters. The van der Waals surface area contributed by atoms with E-state index in [-0.39, 0.29) is 17.5 Å². The summed E-state index contributed by atoms with van der Waals surface area (Å²) in [6, 6.07) is 10.4. The largest absolute Gasteiger partial charge is 0.418 e. The molecule has 0 unspecified atom stereocenters. The molecule has 5 nitrogen and oxygen atoms in total. The van der Waals surface area contributed by atoms with Gasteiger partial charge in [0.2, 0.25) is 5.95 Å². The standard InChI is InChI=1S/C17H13ClF3N5/c1-10-6-7-11(8-13(10)18)23-16-25-15(9-22-26-16)24-14-5-3-2-4-12(14)17(19,20)21/h2-9H,1H3,(H2,23,24,25,26). The van der Waals surface area contributed by atoms with Crippen LogP contribution < -0.4 is 10.6 Å². The van der Waals surface area contributed by atoms with Gasteiger partial charge < -0.3 is 10.6 Å². The Hall–Kier alpha value is -2.87. The van der Waals surface area contributed by atoms with E-state index >= 15 is 0 Å². The van der Waals surface area contributed by atoms with Gasteiger partial charge in [-0.3, -0.25) is 0 Å². The average molecular weight is 380 g/mol. The smallest absolute Gasteiger partial charge is 0.338 e. The summed E-state index contributed by atoms with van der Waals surface area (Å²) in [4.78, 5) is 4.13. The first-order chi connectivity index (χ1) is 12.3. The Morgan fingerprint density at radius 2 is 1.81 bits per heavy atom. The van der Waals surface area contributed by atoms with E-state index in [9.17, 15) is 13.2 Å². The molecule has 0 aliphatic heterocycles. The van der Waals surface area contributed by atoms with Crippen LogP contribution in [0.2, 0.25) is 5.02 Å². The Kier molecular flexibility index (Phi) is 4.94. The van der Waals surface area contributed by atoms with Crippen LogP contribution in [0, 0.1) is 6.92 Å². The first-order valence-corrected chi connectivity index (χ1v) is 7.87. The number of nitrogens with one attached hydrogen (secondary N) is 2. The molecule has 26 heavy (non-hydrogen) atoms. The van der Waals surface area contributed by atoms with Crippen LogP contribution in [0.4, 0.5) is 36.3 Å². The molecule has 0 spiro atoms. The number of alkyl halides is 3. The second kappa shape index (κ2) is 7.17. The number of para-hydroxylation sites is 1. The summed E-state index contributed by atoms with van der Waals surface area (Å²) in [7, 11) is 0. The number of rotatable bonds is 4. The number of nitrogens with zero attached hydrogens (tertiary/aromatic N) is 3. The minimum absolute atomic E-state index is 0.121. The molecule has 0 radical (unpaired) electrons. The topological polar surface area (TPSA) is 62.7 Å². The normalized spacial score (nSPS) is 11.3. The van der Waals surface area contributed by atoms with E-state index in [0.29, 0.717) is 10.7 Å². The lowest BCUT2D eigenvalue weighted by atomic mass is 10.1. The van der Waals surface area contributed by atoms with Crippen LogP contribution in [0.3, 0.4) is 0 Å². The fraction of sp³-hybridized carbons (Fsp3) is 0.118. The molecular weight excluding hydrogens is 367 g/mol. The lowest BCUT2D eigenvalue weighted by molar-refractivity contribution is -0.136. The quantitative estimate of drug-likeness (QED) is 0.640. The van der Waals surface area contributed by atoms with Gasteiger partial charge in [0, 0.05) is 10.7 Å². The molecular formula is C17H13ClF3N5. The van der Waals surface area contributed by atoms with Gasteiger partial charge in [-0.05, 0) is 36.8 Å². The Balaban J connectivity index is 1.83. The molecule has 2 N–H and O–H groups in total. The zero-order valence-corrected chi connectivity index (χ0v) is 14.2. The summed E-state index contributed by atoms with van der Waals surface area (Å²) >= 11 is 6.06. The predicted octanol–water partition coefficient (Wildman–Crippen LogP) is 5.34. The van der Waals surface area contributed by atoms with E-state index in [0.717, 1.165) is 11.6 Å². The van der Waals surface area contributed by atoms with Gasteiger partial charge in [-0.15, -0.1) is 5.10 Å². The summed E-state index contributed by atoms with van der Waals surface area (Å²) < 4.78 is 39.2. The van der Waals surface area contributed by atoms with Gasteiger partial charge in [-0.25, -0.2) is 0 Å². The van der Waals surface area contributed by atoms with Crippen LogP contribution in [0.1, 0.15) is 11.1 Å². The van der Waals surface area contributed by atoms with E-state index in [1.54, 1.807) is 12.1 Å². The van der Waals surface area contributed by atoms with Crippen LogP contribution >= 0.6 is 11.6 Å². The highest BCUT2D eigenvalue weighted by molar-refractivity contribution is 6.31. The van der Waals surface area contributed by atoms with Gasteiger partial charge in [-0.2, -0.15) is 23.3 Å². The van der Waals surface area contributed by atoms with E-state index in [4.69, 9.17) is 11.6 Å². The highest BCUT2D eigenvalue weighted by Gasteiger charge is 2.33. The van der Waals surface area contributed by atoms with Crippen molar-refractivity contribution in [2.24, 2.45) is 0 Å². The molecule has 0 aliphatic rings. The SMILES string of the molecule is Cc1ccc(Nc2nncc(Nc3ccccc3C(F)(F)F)n2)cc1Cl. The van der Waals surface area contributed by atoms with Crippen molar-refractivity contribution in [3.63, 3.8) is 0 Å². The fourth-order valence-electron chi connectivity index (χ4n) is 2.19. The number of hydrogen-bond donors (Lipinski definition) is 2. The Bertz CT molecular complexity index is 930. The van der Waals surface area contributed by atoms with Crippen molar-refractivity contribution in [1.82, 2.24) is 15.2 Å². The van der Waals surface area contributed by atoms with Crippen molar-refractivity contribution in [1.29, 1.82) is 0 Å². The lowest BCUT2D eigenvalue weighted by Gasteiger charge is -2.14. The van der Waals surface area contributed by atoms with Crippen LogP contribution in [-0.4, -0.2) is 15.2 Å². The summed E-state index contributed by atoms with van der Waals surface area (Å²) in [6.45, 7) is 1.87. The van der Waals surface area contributed by atoms with Gasteiger partial charge >= 0.3 is 6.18 Å². The monoisotopic (exact) mass is 379 g/mol. The highest BCUT2D eigenvalue weighted by Crippen LogP contribution is 2.35. The lowest BCUT2D eigenvalue weighted by Crippen LogP contribution is -2.09. The zero-order valence-electron chi connectivity index (χ0n) is 13.5. The van der Waals surface area contributed by atoms with E-state index in [1.807, 2.05) is 13.0 Å². The van der Waals surface area contributed by atoms with Gasteiger partial charge in [0.25, 0.3) is 0 Å². The summed E-state index contributed by atoms with van der Waals surface area (Å²) in [5, 5.41) is 13.7. The Morgan fingerprint density at radius 3 is 2.54 bits per heavy atom. The van der Waals surface area contributed by atoms with Gasteiger partial charge in [0.05, 0.1) is 17.4 Å². The van der Waals surface area contributed by atoms with E-state index in [1.165, 1.54) is 24.4 Å². The van der Waals surface area contributed by atoms with Crippen molar-refractivity contribution in [2.45, 2.75) is 13.1 Å². The number of aryl methyl sites for hydroxylation is 1. The van der Waals surface area contributed by atoms with Crippen LogP contribution in [0.5, 0.6) is 0 Å². The molecule has 0 aliphatic carbocycles. The van der Waals surface area contributed by atoms with Crippen molar-refractivity contribution >= 4 is 34.7 Å². The third-order valence-electron chi connectivity index (χ3n) is 3.48. The second-order valence-electron chi connectivity index (χ2n) is 5.42. The van der Waals surface area contributed by atoms with Gasteiger partial charge in [-0.1, -0.05) is 29.8 Å². The van der Waals surface area contributed by atoms with Crippen LogP contribution in [0.25, 0.3) is 0 Å². The molecule has 2 aromatic carbocycles. The number of benzene rings is 2. The molecule has 3 aromatic rings. The molecule has 1 aromatic heterocycles. The molecule has 134 valence electrons. The average Bonchev–Trinajstić information content (AvgIpc) is 2.58. The Labute approximate surface area is 152 Å². The predicted molar refractivity (Wildman–Crippen MR) is 94.0 cm³/mol. The molecule has 0 saturated carbocycles. The fourth-order valence-corrected chi connectivity index (χ4v) is 2.37. The van der Waals surface area contributed by atoms with Crippen molar-refractivity contribution in [2.75, 3.05) is 10.6 Å². The first kappa shape index (κ1) is 17.9. The number of anilines is 4. The molecule has 0 saturated heterocycles. The minimum atomic E-state index is -4.48. The molecule has 1 heterocycles. The molecule has 0 bridgehead atoms. The number of hydrogen-bond acceptors (Lipinski definition) is 5. The number of aromatic nitrogens is 3. The Morgan fingerprint density at radius 1 is 1.04 bits per heavy atom. The van der Waals surface area contributed by atoms with Crippen LogP contribution in [-0.2, 0) is 6.18 Å². The maximum atomic E-state index is 13.1. The zero-order chi connectivity index (χ0) is 18.7. The summed E-state index contributed by atoms with van der Waals surface area (Å²) in [6.07, 6.45) is -3.25. The second-order valence-corrected chi connectivity index (χ2v) is 5.83. The third kappa shape index (κ3) is 4.20. The van der Waals surface area contributed by atoms with Gasteiger partial charge in [0.15, 0.2) is 5.82 Å². The summed E-state index contributed by atoms with van der Waals surface area (Å²) in [5.41, 5.74) is 0.633. The molecule has 9 heteroatoms. The van der Waals surface area contributed by atoms with E-state index < -0.39 is 11.7 Å². The van der Waals surface area contributed by atoms with Gasteiger partial charge in [0.1, 0.15) is 0 Å². The maximum absolute atomic E-state index is 13.1. The minimum Gasteiger partial charge on any atom is -0.338 e. The first-order valence-electron chi connectivity index (χ1n) is 7.49. The van der Waals surface area contributed by atoms with Crippen molar-refractivity contribution in [3.05, 3.63) is 64.8 Å². The summed E-state index contributed by atoms with van der Waals surface area (Å²) in [5.74, 6) is 0.247. The van der Waals surface area contributed by atoms with Crippen LogP contribution in [0.15, 0.2) is 48.7 Å². The van der Waals surface area contributed by atoms with Crippen molar-refractivity contribution in [3.8, 4) is 0 Å². The molecule has 0 amide bonds. The molecule has 3 rings (SSSR count). The van der Waals surface area contributed by atoms with E-state index in [2.05, 4.69) is 25.8 Å². The maximum Gasteiger partial charge on any atom is 0.418 e. The third-order valence-corrected chi connectivity index (χ3v) is 3.89.